The number of fused-ring (bicyclic) bond motifs is 1. The minimum absolute atomic E-state index is 0.0495. The van der Waals surface area contributed by atoms with Gasteiger partial charge in [0, 0.05) is 46.1 Å². The van der Waals surface area contributed by atoms with E-state index in [0.717, 1.165) is 17.3 Å². The highest BCUT2D eigenvalue weighted by Crippen LogP contribution is 2.48. The Morgan fingerprint density at radius 2 is 2.07 bits per heavy atom. The molecule has 1 saturated heterocycles. The molecule has 1 aliphatic heterocycles. The van der Waals surface area contributed by atoms with Crippen molar-refractivity contribution in [3.05, 3.63) is 52.7 Å². The fraction of sp³-hybridized carbons (Fsp3) is 0.364. The van der Waals surface area contributed by atoms with E-state index in [1.54, 1.807) is 12.3 Å². The third-order valence-electron chi connectivity index (χ3n) is 5.65. The number of Topliss-reactive ketones (excluding diaryl/α,β-unsaturated/α-hetero) is 1. The van der Waals surface area contributed by atoms with Crippen molar-refractivity contribution in [1.82, 2.24) is 9.88 Å². The lowest BCUT2D eigenvalue weighted by molar-refractivity contribution is -0.127. The number of ketones is 1. The number of rotatable bonds is 3. The van der Waals surface area contributed by atoms with Crippen LogP contribution in [-0.2, 0) is 4.79 Å². The predicted molar refractivity (Wildman–Crippen MR) is 111 cm³/mol. The SMILES string of the molecule is C=NCC1=CC2(CN(C(=O)c3cnc4ccc(Cl)cc4c3)C2)CC(C)(C)C1=O. The van der Waals surface area contributed by atoms with Gasteiger partial charge < -0.3 is 4.90 Å². The molecule has 1 amide bonds. The van der Waals surface area contributed by atoms with Crippen LogP contribution in [0.5, 0.6) is 0 Å². The van der Waals surface area contributed by atoms with Gasteiger partial charge in [-0.05, 0) is 37.4 Å². The first-order chi connectivity index (χ1) is 13.2. The van der Waals surface area contributed by atoms with Crippen molar-refractivity contribution >= 4 is 40.9 Å². The molecule has 0 saturated carbocycles. The fourth-order valence-electron chi connectivity index (χ4n) is 4.58. The largest absolute Gasteiger partial charge is 0.337 e. The molecular formula is C22H22ClN3O2. The van der Waals surface area contributed by atoms with E-state index in [2.05, 4.69) is 16.7 Å². The van der Waals surface area contributed by atoms with E-state index in [1.165, 1.54) is 0 Å². The molecule has 0 unspecified atom stereocenters. The average Bonchev–Trinajstić information content (AvgIpc) is 2.62. The summed E-state index contributed by atoms with van der Waals surface area (Å²) in [4.78, 5) is 35.6. The molecule has 2 aromatic rings. The van der Waals surface area contributed by atoms with Crippen LogP contribution in [0.15, 0.2) is 47.1 Å². The summed E-state index contributed by atoms with van der Waals surface area (Å²) in [6.07, 6.45) is 4.37. The summed E-state index contributed by atoms with van der Waals surface area (Å²) in [6, 6.07) is 7.26. The lowest BCUT2D eigenvalue weighted by Gasteiger charge is -2.53. The first-order valence-electron chi connectivity index (χ1n) is 9.27. The first kappa shape index (κ1) is 18.8. The number of hydrogen-bond donors (Lipinski definition) is 0. The zero-order valence-corrected chi connectivity index (χ0v) is 16.8. The van der Waals surface area contributed by atoms with Crippen molar-refractivity contribution in [3.63, 3.8) is 0 Å². The maximum absolute atomic E-state index is 13.0. The number of carbonyl (C=O) groups is 2. The van der Waals surface area contributed by atoms with Crippen molar-refractivity contribution < 1.29 is 9.59 Å². The standard InChI is InChI=1S/C22H22ClN3O2/c1-21(2)11-22(8-16(9-24-3)19(21)27)12-26(13-22)20(28)15-6-14-7-17(23)4-5-18(14)25-10-15/h4-8,10H,3,9,11-13H2,1-2H3. The number of likely N-dealkylation sites (tertiary alicyclic amines) is 1. The second-order valence-electron chi connectivity index (χ2n) is 8.53. The second-order valence-corrected chi connectivity index (χ2v) is 8.96. The van der Waals surface area contributed by atoms with E-state index in [-0.39, 0.29) is 17.1 Å². The Balaban J connectivity index is 1.56. The van der Waals surface area contributed by atoms with E-state index < -0.39 is 5.41 Å². The molecule has 0 radical (unpaired) electrons. The van der Waals surface area contributed by atoms with E-state index in [4.69, 9.17) is 11.6 Å². The number of benzene rings is 1. The third kappa shape index (κ3) is 3.14. The van der Waals surface area contributed by atoms with Crippen LogP contribution < -0.4 is 0 Å². The second kappa shape index (κ2) is 6.52. The van der Waals surface area contributed by atoms with Gasteiger partial charge >= 0.3 is 0 Å². The number of nitrogens with zero attached hydrogens (tertiary/aromatic N) is 3. The zero-order valence-electron chi connectivity index (χ0n) is 16.0. The maximum Gasteiger partial charge on any atom is 0.255 e. The van der Waals surface area contributed by atoms with Gasteiger partial charge in [-0.3, -0.25) is 19.6 Å². The minimum Gasteiger partial charge on any atom is -0.337 e. The van der Waals surface area contributed by atoms with Gasteiger partial charge in [0.25, 0.3) is 5.91 Å². The Kier molecular flexibility index (Phi) is 4.38. The summed E-state index contributed by atoms with van der Waals surface area (Å²) >= 11 is 6.06. The Morgan fingerprint density at radius 1 is 1.32 bits per heavy atom. The number of carbonyl (C=O) groups excluding carboxylic acids is 2. The summed E-state index contributed by atoms with van der Waals surface area (Å²) in [5.74, 6) is 0.0809. The Hall–Kier alpha value is -2.53. The summed E-state index contributed by atoms with van der Waals surface area (Å²) in [5.41, 5.74) is 1.44. The van der Waals surface area contributed by atoms with Crippen molar-refractivity contribution in [2.75, 3.05) is 19.6 Å². The van der Waals surface area contributed by atoms with Gasteiger partial charge in [-0.15, -0.1) is 0 Å². The van der Waals surface area contributed by atoms with Crippen LogP contribution in [0.3, 0.4) is 0 Å². The summed E-state index contributed by atoms with van der Waals surface area (Å²) < 4.78 is 0. The first-order valence-corrected chi connectivity index (χ1v) is 9.64. The number of amides is 1. The molecule has 2 aliphatic rings. The molecule has 28 heavy (non-hydrogen) atoms. The highest BCUT2D eigenvalue weighted by atomic mass is 35.5. The molecule has 1 fully saturated rings. The fourth-order valence-corrected chi connectivity index (χ4v) is 4.76. The summed E-state index contributed by atoms with van der Waals surface area (Å²) in [6.45, 7) is 8.97. The average molecular weight is 396 g/mol. The molecule has 5 nitrogen and oxygen atoms in total. The third-order valence-corrected chi connectivity index (χ3v) is 5.89. The van der Waals surface area contributed by atoms with Crippen LogP contribution in [0.2, 0.25) is 5.02 Å². The zero-order chi connectivity index (χ0) is 20.1. The number of hydrogen-bond acceptors (Lipinski definition) is 4. The maximum atomic E-state index is 13.0. The van der Waals surface area contributed by atoms with E-state index in [9.17, 15) is 9.59 Å². The molecular weight excluding hydrogens is 374 g/mol. The van der Waals surface area contributed by atoms with Crippen LogP contribution in [0, 0.1) is 10.8 Å². The monoisotopic (exact) mass is 395 g/mol. The molecule has 2 heterocycles. The van der Waals surface area contributed by atoms with Gasteiger partial charge in [0.15, 0.2) is 5.78 Å². The molecule has 1 aliphatic carbocycles. The highest BCUT2D eigenvalue weighted by molar-refractivity contribution is 6.31. The van der Waals surface area contributed by atoms with Crippen LogP contribution in [-0.4, -0.2) is 47.9 Å². The van der Waals surface area contributed by atoms with Gasteiger partial charge in [-0.1, -0.05) is 31.5 Å². The number of pyridine rings is 1. The Morgan fingerprint density at radius 3 is 2.79 bits per heavy atom. The van der Waals surface area contributed by atoms with Gasteiger partial charge in [0.05, 0.1) is 17.6 Å². The molecule has 144 valence electrons. The van der Waals surface area contributed by atoms with Crippen LogP contribution in [0.25, 0.3) is 10.9 Å². The van der Waals surface area contributed by atoms with Gasteiger partial charge in [0.1, 0.15) is 0 Å². The molecule has 1 spiro atoms. The molecule has 4 rings (SSSR count). The highest BCUT2D eigenvalue weighted by Gasteiger charge is 2.52. The van der Waals surface area contributed by atoms with Crippen LogP contribution in [0.1, 0.15) is 30.6 Å². The molecule has 0 atom stereocenters. The Labute approximate surface area is 169 Å². The van der Waals surface area contributed by atoms with E-state index in [0.29, 0.717) is 35.8 Å². The van der Waals surface area contributed by atoms with Crippen molar-refractivity contribution in [2.24, 2.45) is 15.8 Å². The summed E-state index contributed by atoms with van der Waals surface area (Å²) in [7, 11) is 0. The predicted octanol–water partition coefficient (Wildman–Crippen LogP) is 3.96. The van der Waals surface area contributed by atoms with Crippen molar-refractivity contribution in [3.8, 4) is 0 Å². The molecule has 0 bridgehead atoms. The molecule has 1 aromatic carbocycles. The molecule has 6 heteroatoms. The van der Waals surface area contributed by atoms with Gasteiger partial charge in [-0.25, -0.2) is 0 Å². The molecule has 0 N–H and O–H groups in total. The van der Waals surface area contributed by atoms with Crippen LogP contribution in [0.4, 0.5) is 0 Å². The number of aliphatic imine (C=N–C) groups is 1. The summed E-state index contributed by atoms with van der Waals surface area (Å²) in [5, 5.41) is 1.46. The van der Waals surface area contributed by atoms with Gasteiger partial charge in [-0.2, -0.15) is 0 Å². The lowest BCUT2D eigenvalue weighted by Crippen LogP contribution is -2.61. The van der Waals surface area contributed by atoms with Gasteiger partial charge in [0.2, 0.25) is 0 Å². The topological polar surface area (TPSA) is 62.6 Å². The van der Waals surface area contributed by atoms with E-state index >= 15 is 0 Å². The van der Waals surface area contributed by atoms with E-state index in [1.807, 2.05) is 43.0 Å². The van der Waals surface area contributed by atoms with Crippen molar-refractivity contribution in [2.45, 2.75) is 20.3 Å². The number of aromatic nitrogens is 1. The van der Waals surface area contributed by atoms with Crippen LogP contribution >= 0.6 is 11.6 Å². The smallest absolute Gasteiger partial charge is 0.255 e. The quantitative estimate of drug-likeness (QED) is 0.739. The Bertz CT molecular complexity index is 1040. The minimum atomic E-state index is -0.453. The molecule has 1 aromatic heterocycles. The number of halogens is 1. The van der Waals surface area contributed by atoms with Crippen molar-refractivity contribution in [1.29, 1.82) is 0 Å². The lowest BCUT2D eigenvalue weighted by atomic mass is 9.61. The normalized spacial score (nSPS) is 20.0.